The molecular weight excluding hydrogens is 194 g/mol. The number of hydrogen-bond donors (Lipinski definition) is 1. The van der Waals surface area contributed by atoms with Crippen LogP contribution in [0, 0.1) is 5.92 Å². The second-order valence-electron chi connectivity index (χ2n) is 3.76. The predicted molar refractivity (Wildman–Crippen MR) is 52.6 cm³/mol. The molecule has 0 spiro atoms. The van der Waals surface area contributed by atoms with E-state index in [0.29, 0.717) is 5.69 Å². The fraction of sp³-hybridized carbons (Fsp3) is 0.364. The third kappa shape index (κ3) is 2.40. The first kappa shape index (κ1) is 9.83. The lowest BCUT2D eigenvalue weighted by molar-refractivity contribution is -0.119. The third-order valence-corrected chi connectivity index (χ3v) is 2.45. The average molecular weight is 205 g/mol. The number of pyridine rings is 1. The van der Waals surface area contributed by atoms with Crippen LogP contribution >= 0.6 is 0 Å². The van der Waals surface area contributed by atoms with E-state index in [1.54, 1.807) is 0 Å². The molecule has 4 nitrogen and oxygen atoms in total. The predicted octanol–water partition coefficient (Wildman–Crippen LogP) is 1.30. The van der Waals surface area contributed by atoms with Gasteiger partial charge in [-0.1, -0.05) is 0 Å². The highest BCUT2D eigenvalue weighted by atomic mass is 16.4. The van der Waals surface area contributed by atoms with Gasteiger partial charge in [0.15, 0.2) is 0 Å². The van der Waals surface area contributed by atoms with E-state index in [1.165, 1.54) is 18.3 Å². The molecule has 0 radical (unpaired) electrons. The van der Waals surface area contributed by atoms with Gasteiger partial charge in [-0.25, -0.2) is 4.79 Å². The highest BCUT2D eigenvalue weighted by molar-refractivity contribution is 5.88. The maximum absolute atomic E-state index is 11.5. The zero-order valence-electron chi connectivity index (χ0n) is 8.14. The van der Waals surface area contributed by atoms with Crippen LogP contribution in [0.2, 0.25) is 0 Å². The molecule has 1 saturated carbocycles. The molecule has 1 heterocycles. The normalized spacial score (nSPS) is 14.9. The van der Waals surface area contributed by atoms with E-state index >= 15 is 0 Å². The minimum Gasteiger partial charge on any atom is -0.478 e. The maximum atomic E-state index is 11.5. The van der Waals surface area contributed by atoms with Crippen molar-refractivity contribution in [2.45, 2.75) is 19.3 Å². The smallest absolute Gasteiger partial charge is 0.335 e. The van der Waals surface area contributed by atoms with Crippen molar-refractivity contribution in [3.05, 3.63) is 29.6 Å². The van der Waals surface area contributed by atoms with E-state index in [-0.39, 0.29) is 23.7 Å². The number of aromatic carboxylic acids is 1. The van der Waals surface area contributed by atoms with Gasteiger partial charge >= 0.3 is 5.97 Å². The third-order valence-electron chi connectivity index (χ3n) is 2.45. The van der Waals surface area contributed by atoms with Crippen molar-refractivity contribution in [2.24, 2.45) is 5.92 Å². The van der Waals surface area contributed by atoms with Crippen LogP contribution in [-0.4, -0.2) is 21.8 Å². The Bertz CT molecular complexity index is 410. The van der Waals surface area contributed by atoms with Crippen molar-refractivity contribution in [1.29, 1.82) is 0 Å². The Hall–Kier alpha value is -1.71. The molecule has 1 N–H and O–H groups in total. The summed E-state index contributed by atoms with van der Waals surface area (Å²) in [4.78, 5) is 26.1. The first-order valence-electron chi connectivity index (χ1n) is 4.88. The van der Waals surface area contributed by atoms with Crippen molar-refractivity contribution in [2.75, 3.05) is 0 Å². The molecule has 1 aromatic rings. The van der Waals surface area contributed by atoms with Crippen LogP contribution in [0.5, 0.6) is 0 Å². The van der Waals surface area contributed by atoms with Crippen LogP contribution in [0.1, 0.15) is 28.9 Å². The molecule has 0 aromatic carbocycles. The van der Waals surface area contributed by atoms with E-state index in [1.807, 2.05) is 0 Å². The van der Waals surface area contributed by atoms with E-state index < -0.39 is 5.97 Å². The Labute approximate surface area is 87.0 Å². The molecular formula is C11H11NO3. The van der Waals surface area contributed by atoms with Crippen LogP contribution in [-0.2, 0) is 11.2 Å². The van der Waals surface area contributed by atoms with Gasteiger partial charge in [-0.3, -0.25) is 9.78 Å². The second kappa shape index (κ2) is 3.81. The van der Waals surface area contributed by atoms with Crippen LogP contribution in [0.4, 0.5) is 0 Å². The number of aromatic nitrogens is 1. The largest absolute Gasteiger partial charge is 0.478 e. The highest BCUT2D eigenvalue weighted by Gasteiger charge is 2.29. The number of rotatable bonds is 4. The van der Waals surface area contributed by atoms with Gasteiger partial charge in [0.1, 0.15) is 5.78 Å². The summed E-state index contributed by atoms with van der Waals surface area (Å²) in [5, 5.41) is 8.75. The number of carbonyl (C=O) groups is 2. The van der Waals surface area contributed by atoms with Crippen molar-refractivity contribution in [3.63, 3.8) is 0 Å². The van der Waals surface area contributed by atoms with Gasteiger partial charge in [0, 0.05) is 24.2 Å². The fourth-order valence-electron chi connectivity index (χ4n) is 1.44. The van der Waals surface area contributed by atoms with Crippen molar-refractivity contribution >= 4 is 11.8 Å². The molecule has 0 amide bonds. The van der Waals surface area contributed by atoms with Gasteiger partial charge in [0.2, 0.25) is 0 Å². The Balaban J connectivity index is 2.10. The molecule has 1 fully saturated rings. The topological polar surface area (TPSA) is 67.3 Å². The van der Waals surface area contributed by atoms with Crippen molar-refractivity contribution in [3.8, 4) is 0 Å². The van der Waals surface area contributed by atoms with Crippen LogP contribution < -0.4 is 0 Å². The molecule has 0 bridgehead atoms. The maximum Gasteiger partial charge on any atom is 0.335 e. The average Bonchev–Trinajstić information content (AvgIpc) is 3.01. The fourth-order valence-corrected chi connectivity index (χ4v) is 1.44. The number of ketones is 1. The Kier molecular flexibility index (Phi) is 2.49. The lowest BCUT2D eigenvalue weighted by Gasteiger charge is -2.00. The molecule has 15 heavy (non-hydrogen) atoms. The number of hydrogen-bond acceptors (Lipinski definition) is 3. The molecule has 0 unspecified atom stereocenters. The standard InChI is InChI=1S/C11H11NO3/c13-10(7-1-2-7)6-9-5-8(11(14)15)3-4-12-9/h3-5,7H,1-2,6H2,(H,14,15). The highest BCUT2D eigenvalue weighted by Crippen LogP contribution is 2.30. The monoisotopic (exact) mass is 205 g/mol. The Morgan fingerprint density at radius 2 is 2.20 bits per heavy atom. The number of nitrogens with zero attached hydrogens (tertiary/aromatic N) is 1. The Morgan fingerprint density at radius 1 is 1.47 bits per heavy atom. The number of carbonyl (C=O) groups excluding carboxylic acids is 1. The van der Waals surface area contributed by atoms with Crippen molar-refractivity contribution < 1.29 is 14.7 Å². The summed E-state index contributed by atoms with van der Waals surface area (Å²) in [5.74, 6) is -0.622. The summed E-state index contributed by atoms with van der Waals surface area (Å²) in [7, 11) is 0. The molecule has 4 heteroatoms. The van der Waals surface area contributed by atoms with Crippen LogP contribution in [0.15, 0.2) is 18.3 Å². The van der Waals surface area contributed by atoms with E-state index in [9.17, 15) is 9.59 Å². The summed E-state index contributed by atoms with van der Waals surface area (Å²) >= 11 is 0. The van der Waals surface area contributed by atoms with Crippen LogP contribution in [0.25, 0.3) is 0 Å². The molecule has 1 aliphatic rings. The summed E-state index contributed by atoms with van der Waals surface area (Å²) in [6.07, 6.45) is 3.62. The zero-order chi connectivity index (χ0) is 10.8. The molecule has 0 aliphatic heterocycles. The lowest BCUT2D eigenvalue weighted by Crippen LogP contribution is -2.07. The zero-order valence-corrected chi connectivity index (χ0v) is 8.14. The van der Waals surface area contributed by atoms with Gasteiger partial charge < -0.3 is 5.11 Å². The molecule has 0 saturated heterocycles. The van der Waals surface area contributed by atoms with E-state index in [4.69, 9.17) is 5.11 Å². The number of Topliss-reactive ketones (excluding diaryl/α,β-unsaturated/α-hetero) is 1. The van der Waals surface area contributed by atoms with Gasteiger partial charge in [-0.2, -0.15) is 0 Å². The van der Waals surface area contributed by atoms with E-state index in [0.717, 1.165) is 12.8 Å². The van der Waals surface area contributed by atoms with Gasteiger partial charge in [-0.15, -0.1) is 0 Å². The number of carboxylic acids is 1. The Morgan fingerprint density at radius 3 is 2.80 bits per heavy atom. The lowest BCUT2D eigenvalue weighted by atomic mass is 10.1. The molecule has 1 aliphatic carbocycles. The van der Waals surface area contributed by atoms with Gasteiger partial charge in [-0.05, 0) is 25.0 Å². The minimum atomic E-state index is -0.988. The van der Waals surface area contributed by atoms with Gasteiger partial charge in [0.05, 0.1) is 5.56 Å². The summed E-state index contributed by atoms with van der Waals surface area (Å²) in [5.41, 5.74) is 0.732. The van der Waals surface area contributed by atoms with Gasteiger partial charge in [0.25, 0.3) is 0 Å². The summed E-state index contributed by atoms with van der Waals surface area (Å²) < 4.78 is 0. The van der Waals surface area contributed by atoms with E-state index in [2.05, 4.69) is 4.98 Å². The molecule has 1 aromatic heterocycles. The SMILES string of the molecule is O=C(O)c1ccnc(CC(=O)C2CC2)c1. The molecule has 78 valence electrons. The second-order valence-corrected chi connectivity index (χ2v) is 3.76. The first-order chi connectivity index (χ1) is 7.16. The molecule has 2 rings (SSSR count). The molecule has 0 atom stereocenters. The minimum absolute atomic E-state index is 0.171. The summed E-state index contributed by atoms with van der Waals surface area (Å²) in [6, 6.07) is 2.88. The number of carboxylic acid groups (broad SMARTS) is 1. The first-order valence-corrected chi connectivity index (χ1v) is 4.88. The summed E-state index contributed by atoms with van der Waals surface area (Å²) in [6.45, 7) is 0. The van der Waals surface area contributed by atoms with Crippen molar-refractivity contribution in [1.82, 2.24) is 4.98 Å². The quantitative estimate of drug-likeness (QED) is 0.804. The van der Waals surface area contributed by atoms with Crippen LogP contribution in [0.3, 0.4) is 0 Å².